The number of hydrogen-bond acceptors (Lipinski definition) is 4. The summed E-state index contributed by atoms with van der Waals surface area (Å²) in [6, 6.07) is 0.540. The fraction of sp³-hybridized carbons (Fsp3) is 0.929. The molecule has 1 saturated heterocycles. The number of carbonyl (C=O) groups excluding carboxylic acids is 1. The molecule has 0 bridgehead atoms. The largest absolute Gasteiger partial charge is 0.383 e. The van der Waals surface area contributed by atoms with E-state index >= 15 is 0 Å². The van der Waals surface area contributed by atoms with Gasteiger partial charge in [0, 0.05) is 32.3 Å². The van der Waals surface area contributed by atoms with Crippen molar-refractivity contribution in [3.63, 3.8) is 0 Å². The van der Waals surface area contributed by atoms with Crippen LogP contribution in [0.4, 0.5) is 0 Å². The van der Waals surface area contributed by atoms with Gasteiger partial charge in [0.15, 0.2) is 0 Å². The van der Waals surface area contributed by atoms with E-state index in [-0.39, 0.29) is 18.6 Å². The van der Waals surface area contributed by atoms with Gasteiger partial charge in [0.2, 0.25) is 5.91 Å². The number of hydrogen-bond donors (Lipinski definition) is 2. The smallest absolute Gasteiger partial charge is 0.239 e. The number of likely N-dealkylation sites (tertiary alicyclic amines) is 1. The van der Waals surface area contributed by atoms with E-state index in [4.69, 9.17) is 10.5 Å². The topological polar surface area (TPSA) is 67.6 Å². The molecule has 0 radical (unpaired) electrons. The molecule has 0 aromatic carbocycles. The van der Waals surface area contributed by atoms with E-state index < -0.39 is 6.04 Å². The lowest BCUT2D eigenvalue weighted by Crippen LogP contribution is -2.51. The maximum absolute atomic E-state index is 11.8. The monoisotopic (exact) mass is 269 g/mol. The van der Waals surface area contributed by atoms with Crippen LogP contribution in [0.2, 0.25) is 0 Å². The Bertz CT molecular complexity index is 284. The molecular weight excluding hydrogens is 242 g/mol. The average molecular weight is 269 g/mol. The van der Waals surface area contributed by atoms with Crippen LogP contribution in [0.1, 0.15) is 38.5 Å². The van der Waals surface area contributed by atoms with Gasteiger partial charge in [0.05, 0.1) is 6.61 Å². The molecule has 2 fully saturated rings. The molecule has 1 aliphatic carbocycles. The van der Waals surface area contributed by atoms with Gasteiger partial charge in [-0.15, -0.1) is 0 Å². The second-order valence-corrected chi connectivity index (χ2v) is 5.82. The molecule has 1 saturated carbocycles. The number of nitrogens with one attached hydrogen (secondary N) is 1. The SMILES string of the molecule is COCC(N)C(=O)NC1CCN(C2CCCC2)CC1. The lowest BCUT2D eigenvalue weighted by molar-refractivity contribution is -0.124. The van der Waals surface area contributed by atoms with Crippen LogP contribution in [0.5, 0.6) is 0 Å². The van der Waals surface area contributed by atoms with Gasteiger partial charge < -0.3 is 20.7 Å². The van der Waals surface area contributed by atoms with Crippen LogP contribution in [0.25, 0.3) is 0 Å². The van der Waals surface area contributed by atoms with Gasteiger partial charge in [-0.3, -0.25) is 4.79 Å². The van der Waals surface area contributed by atoms with Crippen LogP contribution in [-0.4, -0.2) is 55.7 Å². The van der Waals surface area contributed by atoms with Crippen molar-refractivity contribution in [2.75, 3.05) is 26.8 Å². The third kappa shape index (κ3) is 4.16. The standard InChI is InChI=1S/C14H27N3O2/c1-19-10-13(15)14(18)16-11-6-8-17(9-7-11)12-4-2-3-5-12/h11-13H,2-10,15H2,1H3,(H,16,18). The van der Waals surface area contributed by atoms with Crippen LogP contribution in [0, 0.1) is 0 Å². The zero-order valence-corrected chi connectivity index (χ0v) is 11.9. The molecule has 110 valence electrons. The summed E-state index contributed by atoms with van der Waals surface area (Å²) in [7, 11) is 1.56. The van der Waals surface area contributed by atoms with Crippen molar-refractivity contribution in [1.82, 2.24) is 10.2 Å². The number of rotatable bonds is 5. The Labute approximate surface area is 115 Å². The summed E-state index contributed by atoms with van der Waals surface area (Å²) >= 11 is 0. The van der Waals surface area contributed by atoms with Crippen molar-refractivity contribution in [1.29, 1.82) is 0 Å². The fourth-order valence-electron chi connectivity index (χ4n) is 3.24. The summed E-state index contributed by atoms with van der Waals surface area (Å²) in [4.78, 5) is 14.4. The Morgan fingerprint density at radius 3 is 2.53 bits per heavy atom. The minimum Gasteiger partial charge on any atom is -0.383 e. The summed E-state index contributed by atoms with van der Waals surface area (Å²) in [5.74, 6) is -0.0823. The third-order valence-corrected chi connectivity index (χ3v) is 4.40. The second-order valence-electron chi connectivity index (χ2n) is 5.82. The van der Waals surface area contributed by atoms with Crippen molar-refractivity contribution in [2.24, 2.45) is 5.73 Å². The number of amides is 1. The van der Waals surface area contributed by atoms with E-state index in [0.717, 1.165) is 32.0 Å². The molecule has 5 nitrogen and oxygen atoms in total. The molecule has 5 heteroatoms. The van der Waals surface area contributed by atoms with E-state index in [9.17, 15) is 4.79 Å². The van der Waals surface area contributed by atoms with Crippen LogP contribution in [0.3, 0.4) is 0 Å². The van der Waals surface area contributed by atoms with Gasteiger partial charge >= 0.3 is 0 Å². The maximum atomic E-state index is 11.8. The van der Waals surface area contributed by atoms with Crippen molar-refractivity contribution in [3.05, 3.63) is 0 Å². The van der Waals surface area contributed by atoms with Crippen LogP contribution in [-0.2, 0) is 9.53 Å². The van der Waals surface area contributed by atoms with Gasteiger partial charge in [-0.1, -0.05) is 12.8 Å². The summed E-state index contributed by atoms with van der Waals surface area (Å²) in [5.41, 5.74) is 5.72. The number of nitrogens with zero attached hydrogens (tertiary/aromatic N) is 1. The van der Waals surface area contributed by atoms with Gasteiger partial charge in [0.1, 0.15) is 6.04 Å². The zero-order chi connectivity index (χ0) is 13.7. The molecule has 1 unspecified atom stereocenters. The molecule has 19 heavy (non-hydrogen) atoms. The first-order chi connectivity index (χ1) is 9.20. The van der Waals surface area contributed by atoms with E-state index in [1.54, 1.807) is 7.11 Å². The highest BCUT2D eigenvalue weighted by Gasteiger charge is 2.28. The van der Waals surface area contributed by atoms with Crippen LogP contribution < -0.4 is 11.1 Å². The Balaban J connectivity index is 1.69. The van der Waals surface area contributed by atoms with Gasteiger partial charge in [-0.05, 0) is 25.7 Å². The predicted molar refractivity (Wildman–Crippen MR) is 74.8 cm³/mol. The van der Waals surface area contributed by atoms with Gasteiger partial charge in [-0.25, -0.2) is 0 Å². The molecule has 0 aromatic heterocycles. The summed E-state index contributed by atoms with van der Waals surface area (Å²) < 4.78 is 4.90. The average Bonchev–Trinajstić information content (AvgIpc) is 2.94. The Morgan fingerprint density at radius 1 is 1.32 bits per heavy atom. The molecule has 0 spiro atoms. The highest BCUT2D eigenvalue weighted by Crippen LogP contribution is 2.26. The molecule has 1 atom stereocenters. The Hall–Kier alpha value is -0.650. The molecule has 0 aromatic rings. The highest BCUT2D eigenvalue weighted by atomic mass is 16.5. The van der Waals surface area contributed by atoms with E-state index in [1.807, 2.05) is 0 Å². The Morgan fingerprint density at radius 2 is 1.95 bits per heavy atom. The number of piperidine rings is 1. The fourth-order valence-corrected chi connectivity index (χ4v) is 3.24. The number of ether oxygens (including phenoxy) is 1. The van der Waals surface area contributed by atoms with E-state index in [2.05, 4.69) is 10.2 Å². The van der Waals surface area contributed by atoms with Crippen molar-refractivity contribution >= 4 is 5.91 Å². The van der Waals surface area contributed by atoms with Crippen molar-refractivity contribution in [3.8, 4) is 0 Å². The predicted octanol–water partition coefficient (Wildman–Crippen LogP) is 0.483. The Kier molecular flexibility index (Phi) is 5.60. The quantitative estimate of drug-likeness (QED) is 0.762. The first-order valence-corrected chi connectivity index (χ1v) is 7.49. The van der Waals surface area contributed by atoms with Crippen molar-refractivity contribution < 1.29 is 9.53 Å². The molecule has 2 rings (SSSR count). The lowest BCUT2D eigenvalue weighted by atomic mass is 10.0. The molecule has 1 amide bonds. The van der Waals surface area contributed by atoms with Crippen molar-refractivity contribution in [2.45, 2.75) is 56.7 Å². The van der Waals surface area contributed by atoms with E-state index in [1.165, 1.54) is 25.7 Å². The van der Waals surface area contributed by atoms with Gasteiger partial charge in [-0.2, -0.15) is 0 Å². The highest BCUT2D eigenvalue weighted by molar-refractivity contribution is 5.81. The van der Waals surface area contributed by atoms with E-state index in [0.29, 0.717) is 0 Å². The molecule has 2 aliphatic rings. The normalized spacial score (nSPS) is 24.5. The molecule has 1 aliphatic heterocycles. The third-order valence-electron chi connectivity index (χ3n) is 4.40. The zero-order valence-electron chi connectivity index (χ0n) is 11.9. The summed E-state index contributed by atoms with van der Waals surface area (Å²) in [6.07, 6.45) is 7.57. The lowest BCUT2D eigenvalue weighted by Gasteiger charge is -2.36. The number of carbonyl (C=O) groups is 1. The van der Waals surface area contributed by atoms with Crippen LogP contribution in [0.15, 0.2) is 0 Å². The molecular formula is C14H27N3O2. The summed E-state index contributed by atoms with van der Waals surface area (Å²) in [5, 5.41) is 3.04. The number of methoxy groups -OCH3 is 1. The minimum atomic E-state index is -0.544. The maximum Gasteiger partial charge on any atom is 0.239 e. The minimum absolute atomic E-state index is 0.0823. The molecule has 3 N–H and O–H groups in total. The summed E-state index contributed by atoms with van der Waals surface area (Å²) in [6.45, 7) is 2.50. The van der Waals surface area contributed by atoms with Gasteiger partial charge in [0.25, 0.3) is 0 Å². The number of nitrogens with two attached hydrogens (primary N) is 1. The first-order valence-electron chi connectivity index (χ1n) is 7.49. The first kappa shape index (κ1) is 14.8. The van der Waals surface area contributed by atoms with Crippen LogP contribution >= 0.6 is 0 Å². The second kappa shape index (κ2) is 7.22. The molecule has 1 heterocycles.